The highest BCUT2D eigenvalue weighted by Crippen LogP contribution is 1.99. The molecule has 0 aromatic heterocycles. The van der Waals surface area contributed by atoms with E-state index >= 15 is 0 Å². The highest BCUT2D eigenvalue weighted by Gasteiger charge is 2.15. The van der Waals surface area contributed by atoms with Crippen LogP contribution in [0.5, 0.6) is 0 Å². The van der Waals surface area contributed by atoms with Gasteiger partial charge in [-0.3, -0.25) is 4.79 Å². The molecule has 6 nitrogen and oxygen atoms in total. The van der Waals surface area contributed by atoms with E-state index in [0.717, 1.165) is 12.8 Å². The van der Waals surface area contributed by atoms with Crippen molar-refractivity contribution in [3.05, 3.63) is 0 Å². The van der Waals surface area contributed by atoms with E-state index in [4.69, 9.17) is 5.11 Å². The van der Waals surface area contributed by atoms with Gasteiger partial charge in [0.15, 0.2) is 0 Å². The van der Waals surface area contributed by atoms with Crippen LogP contribution in [0.25, 0.3) is 0 Å². The van der Waals surface area contributed by atoms with Crippen LogP contribution in [-0.4, -0.2) is 43.9 Å². The molecule has 0 heterocycles. The summed E-state index contributed by atoms with van der Waals surface area (Å²) in [6.45, 7) is 2.78. The van der Waals surface area contributed by atoms with Gasteiger partial charge in [-0.15, -0.1) is 0 Å². The first-order valence-electron chi connectivity index (χ1n) is 5.83. The summed E-state index contributed by atoms with van der Waals surface area (Å²) in [6.07, 6.45) is 2.87. The van der Waals surface area contributed by atoms with Crippen LogP contribution in [0.15, 0.2) is 0 Å². The topological polar surface area (TPSA) is 86.7 Å². The van der Waals surface area contributed by atoms with Crippen molar-refractivity contribution in [1.29, 1.82) is 0 Å². The second-order valence-corrected chi connectivity index (χ2v) is 5.79. The van der Waals surface area contributed by atoms with Gasteiger partial charge in [-0.25, -0.2) is 4.72 Å². The predicted octanol–water partition coefficient (Wildman–Crippen LogP) is 0.808. The Morgan fingerprint density at radius 2 is 1.94 bits per heavy atom. The lowest BCUT2D eigenvalue weighted by Crippen LogP contribution is -2.39. The summed E-state index contributed by atoms with van der Waals surface area (Å²) in [4.78, 5) is 10.2. The average molecular weight is 266 g/mol. The van der Waals surface area contributed by atoms with Crippen LogP contribution >= 0.6 is 0 Å². The number of rotatable bonds is 10. The first-order chi connectivity index (χ1) is 7.90. The second kappa shape index (κ2) is 8.43. The molecule has 0 aliphatic rings. The highest BCUT2D eigenvalue weighted by molar-refractivity contribution is 7.87. The van der Waals surface area contributed by atoms with E-state index in [1.54, 1.807) is 0 Å². The van der Waals surface area contributed by atoms with E-state index in [2.05, 4.69) is 4.72 Å². The molecule has 0 fully saturated rings. The zero-order valence-electron chi connectivity index (χ0n) is 10.5. The first-order valence-corrected chi connectivity index (χ1v) is 7.27. The van der Waals surface area contributed by atoms with E-state index in [1.807, 2.05) is 6.92 Å². The van der Waals surface area contributed by atoms with E-state index in [-0.39, 0.29) is 13.0 Å². The van der Waals surface area contributed by atoms with Crippen LogP contribution in [0, 0.1) is 0 Å². The average Bonchev–Trinajstić information content (AvgIpc) is 2.24. The van der Waals surface area contributed by atoms with Crippen molar-refractivity contribution in [3.8, 4) is 0 Å². The first kappa shape index (κ1) is 16.3. The maximum absolute atomic E-state index is 11.6. The number of nitrogens with one attached hydrogen (secondary N) is 1. The normalized spacial score (nSPS) is 11.9. The van der Waals surface area contributed by atoms with E-state index in [0.29, 0.717) is 19.4 Å². The zero-order valence-corrected chi connectivity index (χ0v) is 11.3. The molecule has 0 unspecified atom stereocenters. The number of carboxylic acids is 1. The summed E-state index contributed by atoms with van der Waals surface area (Å²) in [5, 5.41) is 8.41. The Bertz CT molecular complexity index is 316. The molecular formula is C10H22N2O4S. The summed E-state index contributed by atoms with van der Waals surface area (Å²) in [6, 6.07) is 0. The summed E-state index contributed by atoms with van der Waals surface area (Å²) in [5.74, 6) is -0.854. The van der Waals surface area contributed by atoms with Crippen molar-refractivity contribution in [1.82, 2.24) is 9.03 Å². The molecule has 0 rings (SSSR count). The minimum absolute atomic E-state index is 0.0768. The maximum atomic E-state index is 11.6. The van der Waals surface area contributed by atoms with Crippen molar-refractivity contribution >= 4 is 16.2 Å². The van der Waals surface area contributed by atoms with E-state index in [1.165, 1.54) is 11.4 Å². The number of carbonyl (C=O) groups is 1. The van der Waals surface area contributed by atoms with Gasteiger partial charge in [-0.05, 0) is 19.3 Å². The van der Waals surface area contributed by atoms with Gasteiger partial charge in [0, 0.05) is 26.6 Å². The molecule has 0 saturated carbocycles. The highest BCUT2D eigenvalue weighted by atomic mass is 32.2. The maximum Gasteiger partial charge on any atom is 0.303 e. The molecule has 17 heavy (non-hydrogen) atoms. The van der Waals surface area contributed by atoms with Gasteiger partial charge < -0.3 is 5.11 Å². The SMILES string of the molecule is CCCCN(C)S(=O)(=O)NCCCCC(=O)O. The minimum atomic E-state index is -3.40. The van der Waals surface area contributed by atoms with Crippen molar-refractivity contribution in [3.63, 3.8) is 0 Å². The molecular weight excluding hydrogens is 244 g/mol. The van der Waals surface area contributed by atoms with E-state index in [9.17, 15) is 13.2 Å². The molecule has 0 aromatic rings. The molecule has 7 heteroatoms. The van der Waals surface area contributed by atoms with Gasteiger partial charge in [0.25, 0.3) is 10.2 Å². The summed E-state index contributed by atoms with van der Waals surface area (Å²) < 4.78 is 27.0. The summed E-state index contributed by atoms with van der Waals surface area (Å²) in [5.41, 5.74) is 0. The van der Waals surface area contributed by atoms with Crippen LogP contribution in [0.3, 0.4) is 0 Å². The van der Waals surface area contributed by atoms with Gasteiger partial charge >= 0.3 is 5.97 Å². The Kier molecular flexibility index (Phi) is 8.11. The van der Waals surface area contributed by atoms with Gasteiger partial charge in [0.1, 0.15) is 0 Å². The molecule has 0 aromatic carbocycles. The fourth-order valence-electron chi connectivity index (χ4n) is 1.21. The Labute approximate surface area is 103 Å². The molecule has 0 spiro atoms. The summed E-state index contributed by atoms with van der Waals surface area (Å²) >= 11 is 0. The van der Waals surface area contributed by atoms with Gasteiger partial charge in [0.05, 0.1) is 0 Å². The molecule has 0 aliphatic heterocycles. The lowest BCUT2D eigenvalue weighted by atomic mass is 10.2. The van der Waals surface area contributed by atoms with Crippen molar-refractivity contribution in [2.24, 2.45) is 0 Å². The number of aliphatic carboxylic acids is 1. The van der Waals surface area contributed by atoms with Crippen LogP contribution in [-0.2, 0) is 15.0 Å². The third-order valence-electron chi connectivity index (χ3n) is 2.34. The van der Waals surface area contributed by atoms with Crippen molar-refractivity contribution in [2.45, 2.75) is 39.0 Å². The lowest BCUT2D eigenvalue weighted by molar-refractivity contribution is -0.137. The summed E-state index contributed by atoms with van der Waals surface area (Å²) in [7, 11) is -1.86. The molecule has 0 bridgehead atoms. The third kappa shape index (κ3) is 8.12. The van der Waals surface area contributed by atoms with Crippen LogP contribution in [0.4, 0.5) is 0 Å². The van der Waals surface area contributed by atoms with Crippen LogP contribution in [0.2, 0.25) is 0 Å². The molecule has 0 aliphatic carbocycles. The van der Waals surface area contributed by atoms with Crippen molar-refractivity contribution < 1.29 is 18.3 Å². The Balaban J connectivity index is 3.81. The molecule has 0 saturated heterocycles. The fraction of sp³-hybridized carbons (Fsp3) is 0.900. The van der Waals surface area contributed by atoms with Crippen LogP contribution < -0.4 is 4.72 Å². The molecule has 0 atom stereocenters. The molecule has 2 N–H and O–H groups in total. The standard InChI is InChI=1S/C10H22N2O4S/c1-3-4-9-12(2)17(15,16)11-8-6-5-7-10(13)14/h11H,3-9H2,1-2H3,(H,13,14). The number of carboxylic acid groups (broad SMARTS) is 1. The Morgan fingerprint density at radius 3 is 2.47 bits per heavy atom. The molecule has 102 valence electrons. The Hall–Kier alpha value is -0.660. The monoisotopic (exact) mass is 266 g/mol. The quantitative estimate of drug-likeness (QED) is 0.573. The molecule has 0 radical (unpaired) electrons. The lowest BCUT2D eigenvalue weighted by Gasteiger charge is -2.17. The number of hydrogen-bond donors (Lipinski definition) is 2. The van der Waals surface area contributed by atoms with Gasteiger partial charge in [-0.2, -0.15) is 12.7 Å². The van der Waals surface area contributed by atoms with Crippen molar-refractivity contribution in [2.75, 3.05) is 20.1 Å². The van der Waals surface area contributed by atoms with Gasteiger partial charge in [0.2, 0.25) is 0 Å². The third-order valence-corrected chi connectivity index (χ3v) is 3.91. The minimum Gasteiger partial charge on any atom is -0.481 e. The Morgan fingerprint density at radius 1 is 1.29 bits per heavy atom. The molecule has 0 amide bonds. The number of nitrogens with zero attached hydrogens (tertiary/aromatic N) is 1. The van der Waals surface area contributed by atoms with Gasteiger partial charge in [-0.1, -0.05) is 13.3 Å². The predicted molar refractivity (Wildman–Crippen MR) is 65.9 cm³/mol. The fourth-order valence-corrected chi connectivity index (χ4v) is 2.21. The second-order valence-electron chi connectivity index (χ2n) is 3.93. The largest absolute Gasteiger partial charge is 0.481 e. The van der Waals surface area contributed by atoms with Crippen LogP contribution in [0.1, 0.15) is 39.0 Å². The zero-order chi connectivity index (χ0) is 13.3. The number of hydrogen-bond acceptors (Lipinski definition) is 3. The van der Waals surface area contributed by atoms with E-state index < -0.39 is 16.2 Å². The smallest absolute Gasteiger partial charge is 0.303 e. The number of unbranched alkanes of at least 4 members (excludes halogenated alkanes) is 2.